The van der Waals surface area contributed by atoms with Crippen LogP contribution in [0.1, 0.15) is 19.7 Å². The summed E-state index contributed by atoms with van der Waals surface area (Å²) in [5.74, 6) is 3.25. The molecule has 2 N–H and O–H groups in total. The molecule has 1 aliphatic heterocycles. The summed E-state index contributed by atoms with van der Waals surface area (Å²) >= 11 is 0. The molecule has 0 amide bonds. The Morgan fingerprint density at radius 2 is 2.14 bits per heavy atom. The van der Waals surface area contributed by atoms with Crippen molar-refractivity contribution in [2.24, 2.45) is 4.99 Å². The van der Waals surface area contributed by atoms with Crippen LogP contribution in [0.5, 0.6) is 11.5 Å². The van der Waals surface area contributed by atoms with Crippen molar-refractivity contribution in [3.05, 3.63) is 48.6 Å². The van der Waals surface area contributed by atoms with E-state index in [1.807, 2.05) is 35.8 Å². The first-order valence-electron chi connectivity index (χ1n) is 9.57. The van der Waals surface area contributed by atoms with Gasteiger partial charge in [0.2, 0.25) is 0 Å². The lowest BCUT2D eigenvalue weighted by atomic mass is 10.2. The summed E-state index contributed by atoms with van der Waals surface area (Å²) in [6, 6.07) is 7.71. The monoisotopic (exact) mass is 384 g/mol. The van der Waals surface area contributed by atoms with Crippen LogP contribution in [-0.4, -0.2) is 53.1 Å². The zero-order valence-corrected chi connectivity index (χ0v) is 16.5. The highest BCUT2D eigenvalue weighted by Crippen LogP contribution is 2.30. The maximum Gasteiger partial charge on any atom is 0.191 e. The van der Waals surface area contributed by atoms with E-state index in [1.54, 1.807) is 6.33 Å². The Morgan fingerprint density at radius 1 is 1.32 bits per heavy atom. The third-order valence-electron chi connectivity index (χ3n) is 4.23. The molecule has 0 spiro atoms. The zero-order chi connectivity index (χ0) is 19.8. The molecule has 0 saturated carbocycles. The topological polar surface area (TPSA) is 85.6 Å². The van der Waals surface area contributed by atoms with Crippen LogP contribution in [-0.2, 0) is 13.0 Å². The predicted octanol–water partition coefficient (Wildman–Crippen LogP) is 1.79. The fourth-order valence-corrected chi connectivity index (χ4v) is 2.80. The van der Waals surface area contributed by atoms with Crippen LogP contribution >= 0.6 is 0 Å². The van der Waals surface area contributed by atoms with Crippen LogP contribution in [0, 0.1) is 0 Å². The summed E-state index contributed by atoms with van der Waals surface area (Å²) in [5.41, 5.74) is 0.999. The Bertz CT molecular complexity index is 817. The van der Waals surface area contributed by atoms with E-state index >= 15 is 0 Å². The van der Waals surface area contributed by atoms with Crippen LogP contribution in [0.3, 0.4) is 0 Å². The van der Waals surface area contributed by atoms with E-state index in [0.29, 0.717) is 26.2 Å². The number of aliphatic imine (C=N–C) groups is 1. The van der Waals surface area contributed by atoms with Crippen LogP contribution < -0.4 is 20.1 Å². The van der Waals surface area contributed by atoms with Gasteiger partial charge in [-0.2, -0.15) is 0 Å². The lowest BCUT2D eigenvalue weighted by molar-refractivity contribution is 0.0936. The van der Waals surface area contributed by atoms with Crippen molar-refractivity contribution in [1.29, 1.82) is 0 Å². The van der Waals surface area contributed by atoms with Gasteiger partial charge in [0.1, 0.15) is 24.9 Å². The number of para-hydroxylation sites is 2. The lowest BCUT2D eigenvalue weighted by Crippen LogP contribution is -2.46. The third-order valence-corrected chi connectivity index (χ3v) is 4.23. The molecule has 0 saturated heterocycles. The summed E-state index contributed by atoms with van der Waals surface area (Å²) in [5, 5.41) is 14.8. The first kappa shape index (κ1) is 19.7. The molecular formula is C20H28N6O2. The van der Waals surface area contributed by atoms with Crippen molar-refractivity contribution in [3.63, 3.8) is 0 Å². The molecule has 8 nitrogen and oxygen atoms in total. The molecule has 2 heterocycles. The lowest BCUT2D eigenvalue weighted by Gasteiger charge is -2.27. The molecule has 3 rings (SSSR count). The molecule has 8 heteroatoms. The van der Waals surface area contributed by atoms with Gasteiger partial charge in [-0.05, 0) is 19.1 Å². The first-order chi connectivity index (χ1) is 13.7. The summed E-state index contributed by atoms with van der Waals surface area (Å²) in [7, 11) is 0. The minimum atomic E-state index is -0.0868. The van der Waals surface area contributed by atoms with Crippen molar-refractivity contribution < 1.29 is 9.47 Å². The molecule has 1 atom stereocenters. The number of aromatic nitrogens is 3. The standard InChI is InChI=1S/C20H28N6O2/c1-4-19-25-24-14-26(19)10-9-21-20(22-11-15(2)3)23-12-16-13-27-17-7-5-6-8-18(17)28-16/h5-8,14,16H,2,4,9-13H2,1,3H3,(H2,21,22,23). The summed E-state index contributed by atoms with van der Waals surface area (Å²) in [4.78, 5) is 4.57. The second-order valence-corrected chi connectivity index (χ2v) is 6.72. The molecule has 28 heavy (non-hydrogen) atoms. The van der Waals surface area contributed by atoms with Gasteiger partial charge in [-0.15, -0.1) is 10.2 Å². The number of benzene rings is 1. The molecule has 150 valence electrons. The highest BCUT2D eigenvalue weighted by molar-refractivity contribution is 5.79. The third kappa shape index (κ3) is 5.48. The van der Waals surface area contributed by atoms with E-state index in [9.17, 15) is 0 Å². The smallest absolute Gasteiger partial charge is 0.191 e. The fourth-order valence-electron chi connectivity index (χ4n) is 2.80. The van der Waals surface area contributed by atoms with Crippen molar-refractivity contribution in [2.75, 3.05) is 26.2 Å². The molecule has 0 bridgehead atoms. The number of hydrogen-bond acceptors (Lipinski definition) is 5. The number of aryl methyl sites for hydroxylation is 1. The number of hydrogen-bond donors (Lipinski definition) is 2. The Kier molecular flexibility index (Phi) is 6.89. The van der Waals surface area contributed by atoms with Gasteiger partial charge in [0.15, 0.2) is 17.5 Å². The molecule has 0 fully saturated rings. The molecule has 1 aromatic carbocycles. The van der Waals surface area contributed by atoms with Crippen LogP contribution in [0.4, 0.5) is 0 Å². The van der Waals surface area contributed by atoms with E-state index in [-0.39, 0.29) is 6.10 Å². The van der Waals surface area contributed by atoms with E-state index in [1.165, 1.54) is 0 Å². The number of nitrogens with zero attached hydrogens (tertiary/aromatic N) is 4. The minimum Gasteiger partial charge on any atom is -0.486 e. The predicted molar refractivity (Wildman–Crippen MR) is 109 cm³/mol. The van der Waals surface area contributed by atoms with Gasteiger partial charge in [-0.25, -0.2) is 4.99 Å². The molecule has 1 aromatic heterocycles. The molecule has 1 aliphatic rings. The van der Waals surface area contributed by atoms with Gasteiger partial charge >= 0.3 is 0 Å². The highest BCUT2D eigenvalue weighted by atomic mass is 16.6. The number of guanidine groups is 1. The Hall–Kier alpha value is -3.03. The summed E-state index contributed by atoms with van der Waals surface area (Å²) in [6.45, 7) is 11.1. The number of rotatable bonds is 8. The van der Waals surface area contributed by atoms with Gasteiger partial charge in [-0.1, -0.05) is 31.2 Å². The minimum absolute atomic E-state index is 0.0868. The SMILES string of the molecule is C=C(C)CN=C(NCCn1cnnc1CC)NCC1COc2ccccc2O1. The van der Waals surface area contributed by atoms with Gasteiger partial charge < -0.3 is 24.7 Å². The maximum atomic E-state index is 5.99. The van der Waals surface area contributed by atoms with Crippen molar-refractivity contribution in [3.8, 4) is 11.5 Å². The van der Waals surface area contributed by atoms with Crippen LogP contribution in [0.15, 0.2) is 47.7 Å². The average molecular weight is 384 g/mol. The molecule has 0 aliphatic carbocycles. The number of fused-ring (bicyclic) bond motifs is 1. The van der Waals surface area contributed by atoms with Crippen LogP contribution in [0.25, 0.3) is 0 Å². The van der Waals surface area contributed by atoms with E-state index in [4.69, 9.17) is 9.47 Å². The van der Waals surface area contributed by atoms with E-state index in [2.05, 4.69) is 39.3 Å². The second kappa shape index (κ2) is 9.77. The summed E-state index contributed by atoms with van der Waals surface area (Å²) in [6.07, 6.45) is 2.52. The van der Waals surface area contributed by atoms with Crippen molar-refractivity contribution in [2.45, 2.75) is 32.9 Å². The van der Waals surface area contributed by atoms with Crippen molar-refractivity contribution >= 4 is 5.96 Å². The largest absolute Gasteiger partial charge is 0.486 e. The summed E-state index contributed by atoms with van der Waals surface area (Å²) < 4.78 is 13.8. The molecule has 1 unspecified atom stereocenters. The Labute approximate surface area is 165 Å². The number of ether oxygens (including phenoxy) is 2. The van der Waals surface area contributed by atoms with Gasteiger partial charge in [0, 0.05) is 19.5 Å². The van der Waals surface area contributed by atoms with Gasteiger partial charge in [0.25, 0.3) is 0 Å². The second-order valence-electron chi connectivity index (χ2n) is 6.72. The normalized spacial score (nSPS) is 15.9. The highest BCUT2D eigenvalue weighted by Gasteiger charge is 2.20. The van der Waals surface area contributed by atoms with Gasteiger partial charge in [0.05, 0.1) is 13.1 Å². The quantitative estimate of drug-likeness (QED) is 0.410. The zero-order valence-electron chi connectivity index (χ0n) is 16.5. The number of nitrogens with one attached hydrogen (secondary N) is 2. The molecule has 2 aromatic rings. The van der Waals surface area contributed by atoms with Crippen molar-refractivity contribution in [1.82, 2.24) is 25.4 Å². The maximum absolute atomic E-state index is 5.99. The first-order valence-corrected chi connectivity index (χ1v) is 9.57. The Balaban J connectivity index is 1.52. The molecule has 0 radical (unpaired) electrons. The van der Waals surface area contributed by atoms with E-state index < -0.39 is 0 Å². The van der Waals surface area contributed by atoms with Crippen LogP contribution in [0.2, 0.25) is 0 Å². The Morgan fingerprint density at radius 3 is 2.93 bits per heavy atom. The fraction of sp³-hybridized carbons (Fsp3) is 0.450. The van der Waals surface area contributed by atoms with E-state index in [0.717, 1.165) is 41.8 Å². The average Bonchev–Trinajstić information content (AvgIpc) is 3.16. The molecular weight excluding hydrogens is 356 g/mol. The van der Waals surface area contributed by atoms with Gasteiger partial charge in [-0.3, -0.25) is 0 Å².